The summed E-state index contributed by atoms with van der Waals surface area (Å²) in [5, 5.41) is 11.1. The number of fused-ring (bicyclic) bond motifs is 1. The van der Waals surface area contributed by atoms with Gasteiger partial charge in [0.25, 0.3) is 5.91 Å². The Morgan fingerprint density at radius 2 is 1.93 bits per heavy atom. The molecular weight excluding hydrogens is 378 g/mol. The molecule has 0 unspecified atom stereocenters. The summed E-state index contributed by atoms with van der Waals surface area (Å²) in [7, 11) is 0. The highest BCUT2D eigenvalue weighted by molar-refractivity contribution is 6.30. The molecule has 2 aromatic heterocycles. The van der Waals surface area contributed by atoms with Gasteiger partial charge in [0.15, 0.2) is 0 Å². The molecule has 1 aliphatic heterocycles. The number of carbonyl (C=O) groups is 1. The van der Waals surface area contributed by atoms with Crippen LogP contribution >= 0.6 is 11.6 Å². The predicted molar refractivity (Wildman–Crippen MR) is 105 cm³/mol. The van der Waals surface area contributed by atoms with Gasteiger partial charge in [0.2, 0.25) is 0 Å². The van der Waals surface area contributed by atoms with Crippen molar-refractivity contribution in [2.24, 2.45) is 11.8 Å². The van der Waals surface area contributed by atoms with Gasteiger partial charge in [-0.2, -0.15) is 0 Å². The second-order valence-corrected chi connectivity index (χ2v) is 8.26. The lowest BCUT2D eigenvalue weighted by Gasteiger charge is -2.35. The zero-order valence-corrected chi connectivity index (χ0v) is 16.8. The fourth-order valence-electron chi connectivity index (χ4n) is 4.31. The number of amides is 1. The van der Waals surface area contributed by atoms with Crippen LogP contribution in [0.5, 0.6) is 5.75 Å². The topological polar surface area (TPSA) is 75.5 Å². The molecule has 2 aromatic rings. The number of hydrogen-bond acceptors (Lipinski definition) is 5. The Morgan fingerprint density at radius 1 is 1.18 bits per heavy atom. The van der Waals surface area contributed by atoms with Crippen molar-refractivity contribution in [2.45, 2.75) is 38.9 Å². The second kappa shape index (κ2) is 7.68. The monoisotopic (exact) mass is 401 g/mol. The molecule has 7 heteroatoms. The van der Waals surface area contributed by atoms with E-state index in [1.54, 1.807) is 12.1 Å². The molecule has 1 aliphatic carbocycles. The van der Waals surface area contributed by atoms with Crippen molar-refractivity contribution in [3.63, 3.8) is 0 Å². The molecule has 3 heterocycles. The van der Waals surface area contributed by atoms with Gasteiger partial charge in [-0.3, -0.25) is 9.78 Å². The zero-order chi connectivity index (χ0) is 19.8. The molecule has 0 spiro atoms. The van der Waals surface area contributed by atoms with E-state index in [9.17, 15) is 9.90 Å². The largest absolute Gasteiger partial charge is 0.486 e. The van der Waals surface area contributed by atoms with E-state index in [-0.39, 0.29) is 17.9 Å². The number of pyridine rings is 2. The summed E-state index contributed by atoms with van der Waals surface area (Å²) in [5.41, 5.74) is 2.17. The van der Waals surface area contributed by atoms with Crippen molar-refractivity contribution in [3.8, 4) is 5.75 Å². The fourth-order valence-corrected chi connectivity index (χ4v) is 4.42. The normalized spacial score (nSPS) is 26.8. The third-order valence-electron chi connectivity index (χ3n) is 5.77. The summed E-state index contributed by atoms with van der Waals surface area (Å²) in [4.78, 5) is 23.2. The Labute approximate surface area is 169 Å². The number of nitrogens with zero attached hydrogens (tertiary/aromatic N) is 3. The van der Waals surface area contributed by atoms with Crippen LogP contribution in [0.4, 0.5) is 0 Å². The highest BCUT2D eigenvalue weighted by atomic mass is 35.5. The van der Waals surface area contributed by atoms with Crippen molar-refractivity contribution in [1.29, 1.82) is 0 Å². The van der Waals surface area contributed by atoms with Crippen LogP contribution in [0.2, 0.25) is 5.02 Å². The molecule has 6 nitrogen and oxygen atoms in total. The fraction of sp³-hybridized carbons (Fsp3) is 0.476. The van der Waals surface area contributed by atoms with Gasteiger partial charge in [-0.15, -0.1) is 0 Å². The van der Waals surface area contributed by atoms with Crippen molar-refractivity contribution >= 4 is 17.5 Å². The van der Waals surface area contributed by atoms with Gasteiger partial charge < -0.3 is 14.7 Å². The minimum atomic E-state index is -0.550. The molecule has 1 saturated heterocycles. The first kappa shape index (κ1) is 19.2. The first-order chi connectivity index (χ1) is 13.4. The smallest absolute Gasteiger partial charge is 0.272 e. The van der Waals surface area contributed by atoms with Crippen molar-refractivity contribution in [1.82, 2.24) is 14.9 Å². The molecule has 1 N–H and O–H groups in total. The minimum absolute atomic E-state index is 0.0865. The van der Waals surface area contributed by atoms with E-state index >= 15 is 0 Å². The van der Waals surface area contributed by atoms with Crippen molar-refractivity contribution < 1.29 is 14.6 Å². The molecule has 0 aromatic carbocycles. The van der Waals surface area contributed by atoms with Crippen LogP contribution in [-0.2, 0) is 0 Å². The lowest BCUT2D eigenvalue weighted by atomic mass is 9.78. The van der Waals surface area contributed by atoms with E-state index in [0.717, 1.165) is 17.8 Å². The third kappa shape index (κ3) is 3.84. The molecule has 28 heavy (non-hydrogen) atoms. The molecule has 4 atom stereocenters. The van der Waals surface area contributed by atoms with E-state index in [4.69, 9.17) is 16.3 Å². The highest BCUT2D eigenvalue weighted by Crippen LogP contribution is 2.38. The van der Waals surface area contributed by atoms with Crippen molar-refractivity contribution in [3.05, 3.63) is 52.6 Å². The van der Waals surface area contributed by atoms with E-state index < -0.39 is 6.10 Å². The number of aliphatic hydroxyl groups excluding tert-OH is 1. The van der Waals surface area contributed by atoms with Gasteiger partial charge in [-0.05, 0) is 62.8 Å². The Balaban J connectivity index is 1.43. The summed E-state index contributed by atoms with van der Waals surface area (Å²) in [5.74, 6) is 1.22. The summed E-state index contributed by atoms with van der Waals surface area (Å²) < 4.78 is 6.11. The summed E-state index contributed by atoms with van der Waals surface area (Å²) in [6.45, 7) is 5.15. The average molecular weight is 402 g/mol. The number of aryl methyl sites for hydroxylation is 2. The van der Waals surface area contributed by atoms with E-state index in [1.807, 2.05) is 30.9 Å². The molecule has 2 fully saturated rings. The number of aliphatic hydroxyl groups is 1. The van der Waals surface area contributed by atoms with Gasteiger partial charge >= 0.3 is 0 Å². The van der Waals surface area contributed by atoms with Crippen LogP contribution in [0.1, 0.15) is 34.7 Å². The van der Waals surface area contributed by atoms with Crippen molar-refractivity contribution in [2.75, 3.05) is 13.1 Å². The number of rotatable bonds is 3. The number of carbonyl (C=O) groups excluding carboxylic acids is 1. The molecule has 0 radical (unpaired) electrons. The molecule has 4 rings (SSSR count). The summed E-state index contributed by atoms with van der Waals surface area (Å²) in [6.07, 6.45) is 2.00. The van der Waals surface area contributed by atoms with Crippen LogP contribution in [-0.4, -0.2) is 51.2 Å². The third-order valence-corrected chi connectivity index (χ3v) is 6.00. The molecule has 0 bridgehead atoms. The molecule has 148 valence electrons. The average Bonchev–Trinajstić information content (AvgIpc) is 3.07. The Morgan fingerprint density at radius 3 is 2.61 bits per heavy atom. The highest BCUT2D eigenvalue weighted by Gasteiger charge is 2.44. The maximum absolute atomic E-state index is 12.8. The number of hydrogen-bond donors (Lipinski definition) is 1. The Kier molecular flexibility index (Phi) is 5.25. The van der Waals surface area contributed by atoms with E-state index in [2.05, 4.69) is 9.97 Å². The first-order valence-corrected chi connectivity index (χ1v) is 9.98. The van der Waals surface area contributed by atoms with Gasteiger partial charge in [-0.1, -0.05) is 11.6 Å². The Hall–Kier alpha value is -2.18. The summed E-state index contributed by atoms with van der Waals surface area (Å²) in [6, 6.07) is 7.15. The maximum atomic E-state index is 12.8. The van der Waals surface area contributed by atoms with Crippen LogP contribution in [0.15, 0.2) is 30.5 Å². The lowest BCUT2D eigenvalue weighted by Crippen LogP contribution is -2.42. The standard InChI is InChI=1S/C21H24ClN3O3/c1-12-3-6-19(13(2)24-12)28-20-8-15-11-25(10-14(15)7-18(20)26)21(27)17-5-4-16(22)9-23-17/h3-6,9,14-15,18,20,26H,7-8,10-11H2,1-2H3/t14-,15+,18+,20+/m0/s1. The van der Waals surface area contributed by atoms with Crippen LogP contribution in [0.3, 0.4) is 0 Å². The molecular formula is C21H24ClN3O3. The van der Waals surface area contributed by atoms with Gasteiger partial charge in [0, 0.05) is 25.0 Å². The number of ether oxygens (including phenoxy) is 1. The molecule has 1 saturated carbocycles. The van der Waals surface area contributed by atoms with E-state index in [0.29, 0.717) is 41.9 Å². The molecule has 2 aliphatic rings. The number of likely N-dealkylation sites (tertiary alicyclic amines) is 1. The van der Waals surface area contributed by atoms with Crippen LogP contribution in [0, 0.1) is 25.7 Å². The molecule has 1 amide bonds. The quantitative estimate of drug-likeness (QED) is 0.855. The van der Waals surface area contributed by atoms with Gasteiger partial charge in [0.05, 0.1) is 16.8 Å². The number of halogens is 1. The number of aromatic nitrogens is 2. The first-order valence-electron chi connectivity index (χ1n) is 9.60. The Bertz CT molecular complexity index is 874. The predicted octanol–water partition coefficient (Wildman–Crippen LogP) is 3.04. The van der Waals surface area contributed by atoms with E-state index in [1.165, 1.54) is 6.20 Å². The lowest BCUT2D eigenvalue weighted by molar-refractivity contribution is -0.0236. The minimum Gasteiger partial charge on any atom is -0.486 e. The van der Waals surface area contributed by atoms with Gasteiger partial charge in [-0.25, -0.2) is 4.98 Å². The SMILES string of the molecule is Cc1ccc(O[C@@H]2C[C@@H]3CN(C(=O)c4ccc(Cl)cn4)C[C@@H]3C[C@H]2O)c(C)n1. The van der Waals surface area contributed by atoms with Gasteiger partial charge in [0.1, 0.15) is 17.5 Å². The summed E-state index contributed by atoms with van der Waals surface area (Å²) >= 11 is 5.86. The second-order valence-electron chi connectivity index (χ2n) is 7.82. The van der Waals surface area contributed by atoms with Crippen LogP contribution < -0.4 is 4.74 Å². The zero-order valence-electron chi connectivity index (χ0n) is 16.0. The maximum Gasteiger partial charge on any atom is 0.272 e. The van der Waals surface area contributed by atoms with Crippen LogP contribution in [0.25, 0.3) is 0 Å².